The highest BCUT2D eigenvalue weighted by Gasteiger charge is 2.16. The minimum absolute atomic E-state index is 0.0711. The Balaban J connectivity index is 1.81. The second-order valence-corrected chi connectivity index (χ2v) is 8.72. The monoisotopic (exact) mass is 419 g/mol. The third-order valence-electron chi connectivity index (χ3n) is 4.31. The van der Waals surface area contributed by atoms with Crippen LogP contribution in [0.5, 0.6) is 0 Å². The van der Waals surface area contributed by atoms with Crippen LogP contribution in [0.4, 0.5) is 4.39 Å². The SMILES string of the molecule is CC(C)CCNC(=O)CSc1nc2scc(-c3ccc(F)cc3)c2c(=O)n1C. The summed E-state index contributed by atoms with van der Waals surface area (Å²) in [4.78, 5) is 30.1. The van der Waals surface area contributed by atoms with Crippen LogP contribution < -0.4 is 10.9 Å². The van der Waals surface area contributed by atoms with Crippen molar-refractivity contribution in [3.63, 3.8) is 0 Å². The summed E-state index contributed by atoms with van der Waals surface area (Å²) < 4.78 is 14.7. The summed E-state index contributed by atoms with van der Waals surface area (Å²) >= 11 is 2.62. The number of carbonyl (C=O) groups excluding carboxylic acids is 1. The number of halogens is 1. The van der Waals surface area contributed by atoms with E-state index in [4.69, 9.17) is 0 Å². The zero-order valence-corrected chi connectivity index (χ0v) is 17.6. The van der Waals surface area contributed by atoms with Crippen molar-refractivity contribution in [1.29, 1.82) is 0 Å². The van der Waals surface area contributed by atoms with Crippen LogP contribution in [0.1, 0.15) is 20.3 Å². The molecular weight excluding hydrogens is 397 g/mol. The maximum absolute atomic E-state index is 13.2. The summed E-state index contributed by atoms with van der Waals surface area (Å²) in [7, 11) is 1.65. The van der Waals surface area contributed by atoms with E-state index in [1.54, 1.807) is 19.2 Å². The fourth-order valence-corrected chi connectivity index (χ4v) is 4.50. The third kappa shape index (κ3) is 4.62. The molecule has 0 saturated heterocycles. The van der Waals surface area contributed by atoms with Crippen LogP contribution in [0.15, 0.2) is 39.6 Å². The van der Waals surface area contributed by atoms with Crippen LogP contribution in [0.3, 0.4) is 0 Å². The molecule has 0 aliphatic heterocycles. The molecular formula is C20H22FN3O2S2. The number of hydrogen-bond donors (Lipinski definition) is 1. The predicted octanol–water partition coefficient (Wildman–Crippen LogP) is 4.06. The van der Waals surface area contributed by atoms with E-state index in [9.17, 15) is 14.0 Å². The Morgan fingerprint density at radius 1 is 1.32 bits per heavy atom. The van der Waals surface area contributed by atoms with Gasteiger partial charge < -0.3 is 5.32 Å². The first-order valence-electron chi connectivity index (χ1n) is 9.00. The number of rotatable bonds is 7. The number of fused-ring (bicyclic) bond motifs is 1. The molecule has 1 amide bonds. The van der Waals surface area contributed by atoms with E-state index in [-0.39, 0.29) is 23.0 Å². The minimum Gasteiger partial charge on any atom is -0.355 e. The Labute approximate surface area is 171 Å². The number of amides is 1. The molecule has 0 spiro atoms. The van der Waals surface area contributed by atoms with Gasteiger partial charge in [0.15, 0.2) is 5.16 Å². The van der Waals surface area contributed by atoms with Gasteiger partial charge in [0.25, 0.3) is 5.56 Å². The lowest BCUT2D eigenvalue weighted by atomic mass is 10.1. The highest BCUT2D eigenvalue weighted by atomic mass is 32.2. The van der Waals surface area contributed by atoms with Gasteiger partial charge in [-0.2, -0.15) is 0 Å². The van der Waals surface area contributed by atoms with Gasteiger partial charge in [-0.25, -0.2) is 9.37 Å². The Morgan fingerprint density at radius 3 is 2.71 bits per heavy atom. The highest BCUT2D eigenvalue weighted by Crippen LogP contribution is 2.32. The fraction of sp³-hybridized carbons (Fsp3) is 0.350. The average Bonchev–Trinajstić information content (AvgIpc) is 3.08. The molecule has 1 aromatic carbocycles. The molecule has 3 rings (SSSR count). The summed E-state index contributed by atoms with van der Waals surface area (Å²) in [5.74, 6) is 0.352. The van der Waals surface area contributed by atoms with Crippen molar-refractivity contribution in [2.75, 3.05) is 12.3 Å². The molecule has 2 aromatic heterocycles. The van der Waals surface area contributed by atoms with Crippen molar-refractivity contribution in [3.8, 4) is 11.1 Å². The molecule has 0 fully saturated rings. The molecule has 0 atom stereocenters. The van der Waals surface area contributed by atoms with Crippen LogP contribution in [-0.4, -0.2) is 27.8 Å². The number of thiophene rings is 1. The second kappa shape index (κ2) is 8.87. The van der Waals surface area contributed by atoms with Gasteiger partial charge in [0.2, 0.25) is 5.91 Å². The predicted molar refractivity (Wildman–Crippen MR) is 113 cm³/mol. The van der Waals surface area contributed by atoms with Crippen molar-refractivity contribution in [2.24, 2.45) is 13.0 Å². The maximum Gasteiger partial charge on any atom is 0.263 e. The average molecular weight is 420 g/mol. The van der Waals surface area contributed by atoms with Gasteiger partial charge >= 0.3 is 0 Å². The topological polar surface area (TPSA) is 64.0 Å². The van der Waals surface area contributed by atoms with E-state index in [1.807, 2.05) is 5.38 Å². The van der Waals surface area contributed by atoms with E-state index in [2.05, 4.69) is 24.1 Å². The lowest BCUT2D eigenvalue weighted by molar-refractivity contribution is -0.118. The van der Waals surface area contributed by atoms with E-state index >= 15 is 0 Å². The normalized spacial score (nSPS) is 11.3. The number of thioether (sulfide) groups is 1. The van der Waals surface area contributed by atoms with Crippen molar-refractivity contribution in [1.82, 2.24) is 14.9 Å². The zero-order chi connectivity index (χ0) is 20.3. The summed E-state index contributed by atoms with van der Waals surface area (Å²) in [5.41, 5.74) is 1.35. The van der Waals surface area contributed by atoms with Crippen LogP contribution in [0.2, 0.25) is 0 Å². The van der Waals surface area contributed by atoms with Crippen LogP contribution >= 0.6 is 23.1 Å². The Hall–Kier alpha value is -2.19. The molecule has 8 heteroatoms. The second-order valence-electron chi connectivity index (χ2n) is 6.92. The molecule has 148 valence electrons. The Kier molecular flexibility index (Phi) is 6.51. The van der Waals surface area contributed by atoms with Crippen molar-refractivity contribution in [2.45, 2.75) is 25.4 Å². The van der Waals surface area contributed by atoms with E-state index < -0.39 is 0 Å². The summed E-state index contributed by atoms with van der Waals surface area (Å²) in [6, 6.07) is 6.05. The van der Waals surface area contributed by atoms with E-state index in [0.29, 0.717) is 27.8 Å². The molecule has 0 bridgehead atoms. The molecule has 3 aromatic rings. The van der Waals surface area contributed by atoms with Crippen molar-refractivity contribution < 1.29 is 9.18 Å². The quantitative estimate of drug-likeness (QED) is 0.463. The highest BCUT2D eigenvalue weighted by molar-refractivity contribution is 7.99. The standard InChI is InChI=1S/C20H22FN3O2S2/c1-12(2)8-9-22-16(25)11-28-20-23-18-17(19(26)24(20)3)15(10-27-18)13-4-6-14(21)7-5-13/h4-7,10,12H,8-9,11H2,1-3H3,(H,22,25). The van der Waals surface area contributed by atoms with Gasteiger partial charge in [0, 0.05) is 24.5 Å². The fourth-order valence-electron chi connectivity index (χ4n) is 2.71. The number of hydrogen-bond acceptors (Lipinski definition) is 5. The van der Waals surface area contributed by atoms with Gasteiger partial charge in [-0.1, -0.05) is 37.7 Å². The molecule has 5 nitrogen and oxygen atoms in total. The molecule has 0 aliphatic rings. The number of nitrogens with one attached hydrogen (secondary N) is 1. The molecule has 0 saturated carbocycles. The third-order valence-corrected chi connectivity index (χ3v) is 6.21. The summed E-state index contributed by atoms with van der Waals surface area (Å²) in [6.07, 6.45) is 0.931. The lowest BCUT2D eigenvalue weighted by Crippen LogP contribution is -2.27. The number of nitrogens with zero attached hydrogens (tertiary/aromatic N) is 2. The molecule has 1 N–H and O–H groups in total. The summed E-state index contributed by atoms with van der Waals surface area (Å²) in [5, 5.41) is 5.77. The van der Waals surface area contributed by atoms with Gasteiger partial charge in [-0.15, -0.1) is 11.3 Å². The summed E-state index contributed by atoms with van der Waals surface area (Å²) in [6.45, 7) is 4.86. The lowest BCUT2D eigenvalue weighted by Gasteiger charge is -2.09. The van der Waals surface area contributed by atoms with Gasteiger partial charge in [0.1, 0.15) is 10.6 Å². The Bertz CT molecular complexity index is 1040. The van der Waals surface area contributed by atoms with E-state index in [0.717, 1.165) is 17.5 Å². The first-order chi connectivity index (χ1) is 13.4. The van der Waals surface area contributed by atoms with E-state index in [1.165, 1.54) is 39.8 Å². The first-order valence-corrected chi connectivity index (χ1v) is 10.9. The van der Waals surface area contributed by atoms with Crippen LogP contribution in [-0.2, 0) is 11.8 Å². The molecule has 0 unspecified atom stereocenters. The van der Waals surface area contributed by atoms with Gasteiger partial charge in [0.05, 0.1) is 11.1 Å². The smallest absolute Gasteiger partial charge is 0.263 e. The Morgan fingerprint density at radius 2 is 2.04 bits per heavy atom. The van der Waals surface area contributed by atoms with Gasteiger partial charge in [-0.3, -0.25) is 14.2 Å². The van der Waals surface area contributed by atoms with Crippen molar-refractivity contribution >= 4 is 39.2 Å². The number of aromatic nitrogens is 2. The van der Waals surface area contributed by atoms with Crippen molar-refractivity contribution in [3.05, 3.63) is 45.8 Å². The van der Waals surface area contributed by atoms with Crippen LogP contribution in [0, 0.1) is 11.7 Å². The largest absolute Gasteiger partial charge is 0.355 e. The molecule has 2 heterocycles. The minimum atomic E-state index is -0.320. The molecule has 0 aliphatic carbocycles. The van der Waals surface area contributed by atoms with Gasteiger partial charge in [-0.05, 0) is 30.0 Å². The van der Waals surface area contributed by atoms with Crippen LogP contribution in [0.25, 0.3) is 21.3 Å². The molecule has 0 radical (unpaired) electrons. The molecule has 28 heavy (non-hydrogen) atoms. The number of carbonyl (C=O) groups is 1. The number of benzene rings is 1. The zero-order valence-electron chi connectivity index (χ0n) is 16.0. The maximum atomic E-state index is 13.2. The first kappa shape index (κ1) is 20.5.